The van der Waals surface area contributed by atoms with Crippen molar-refractivity contribution < 1.29 is 9.90 Å². The first-order valence-electron chi connectivity index (χ1n) is 3.72. The van der Waals surface area contributed by atoms with Gasteiger partial charge in [-0.25, -0.2) is 0 Å². The molecule has 0 aliphatic rings. The molecule has 0 unspecified atom stereocenters. The van der Waals surface area contributed by atoms with E-state index < -0.39 is 6.10 Å². The summed E-state index contributed by atoms with van der Waals surface area (Å²) in [5.74, 6) is -0.238. The van der Waals surface area contributed by atoms with Gasteiger partial charge in [0.15, 0.2) is 0 Å². The zero-order chi connectivity index (χ0) is 9.23. The average molecular weight is 159 g/mol. The number of carbonyl (C=O) groups excluding carboxylic acids is 1. The second-order valence-electron chi connectivity index (χ2n) is 3.74. The van der Waals surface area contributed by atoms with E-state index in [2.05, 4.69) is 0 Å². The van der Waals surface area contributed by atoms with Gasteiger partial charge in [0.2, 0.25) is 0 Å². The molecular formula is C8H17NO2. The van der Waals surface area contributed by atoms with Crippen LogP contribution in [0.5, 0.6) is 0 Å². The van der Waals surface area contributed by atoms with Crippen molar-refractivity contribution in [2.75, 3.05) is 7.05 Å². The molecule has 0 aromatic rings. The molecule has 0 aliphatic carbocycles. The second kappa shape index (κ2) is 3.22. The van der Waals surface area contributed by atoms with Crippen molar-refractivity contribution in [3.63, 3.8) is 0 Å². The molecule has 0 bridgehead atoms. The molecule has 1 atom stereocenters. The lowest BCUT2D eigenvalue weighted by Gasteiger charge is -2.32. The number of hydrogen-bond acceptors (Lipinski definition) is 2. The highest BCUT2D eigenvalue weighted by molar-refractivity contribution is 5.80. The van der Waals surface area contributed by atoms with Crippen molar-refractivity contribution in [3.05, 3.63) is 0 Å². The van der Waals surface area contributed by atoms with Crippen molar-refractivity contribution in [2.45, 2.75) is 39.3 Å². The molecule has 0 rings (SSSR count). The molecule has 0 aromatic carbocycles. The fourth-order valence-corrected chi connectivity index (χ4v) is 0.611. The molecule has 0 spiro atoms. The standard InChI is InChI=1S/C8H17NO2/c1-6(10)7(11)9(5)8(2,3)4/h6,10H,1-5H3/t6-/m0/s1. The number of likely N-dealkylation sites (N-methyl/N-ethyl adjacent to an activating group) is 1. The highest BCUT2D eigenvalue weighted by atomic mass is 16.3. The average Bonchev–Trinajstić information content (AvgIpc) is 1.82. The lowest BCUT2D eigenvalue weighted by atomic mass is 10.1. The van der Waals surface area contributed by atoms with Gasteiger partial charge in [-0.05, 0) is 27.7 Å². The Balaban J connectivity index is 4.26. The zero-order valence-electron chi connectivity index (χ0n) is 7.88. The Morgan fingerprint density at radius 1 is 1.45 bits per heavy atom. The van der Waals surface area contributed by atoms with Crippen LogP contribution in [0.25, 0.3) is 0 Å². The van der Waals surface area contributed by atoms with Crippen molar-refractivity contribution in [3.8, 4) is 0 Å². The van der Waals surface area contributed by atoms with Gasteiger partial charge in [-0.2, -0.15) is 0 Å². The summed E-state index contributed by atoms with van der Waals surface area (Å²) in [6.07, 6.45) is -0.903. The Morgan fingerprint density at radius 2 is 1.82 bits per heavy atom. The molecule has 0 saturated heterocycles. The molecule has 3 nitrogen and oxygen atoms in total. The summed E-state index contributed by atoms with van der Waals surface area (Å²) in [6.45, 7) is 7.25. The van der Waals surface area contributed by atoms with Gasteiger partial charge in [0.1, 0.15) is 6.10 Å². The Morgan fingerprint density at radius 3 is 1.91 bits per heavy atom. The van der Waals surface area contributed by atoms with Gasteiger partial charge in [0.25, 0.3) is 5.91 Å². The van der Waals surface area contributed by atoms with E-state index in [0.717, 1.165) is 0 Å². The molecule has 0 aliphatic heterocycles. The van der Waals surface area contributed by atoms with Crippen molar-refractivity contribution in [1.29, 1.82) is 0 Å². The lowest BCUT2D eigenvalue weighted by molar-refractivity contribution is -0.142. The Kier molecular flexibility index (Phi) is 3.05. The number of amides is 1. The maximum Gasteiger partial charge on any atom is 0.251 e. The number of aliphatic hydroxyl groups excluding tert-OH is 1. The van der Waals surface area contributed by atoms with Crippen LogP contribution in [0.4, 0.5) is 0 Å². The predicted molar refractivity (Wildman–Crippen MR) is 44.2 cm³/mol. The molecule has 1 amide bonds. The minimum atomic E-state index is -0.903. The van der Waals surface area contributed by atoms with Gasteiger partial charge < -0.3 is 10.0 Å². The lowest BCUT2D eigenvalue weighted by Crippen LogP contribution is -2.46. The van der Waals surface area contributed by atoms with E-state index in [9.17, 15) is 4.79 Å². The largest absolute Gasteiger partial charge is 0.384 e. The molecule has 11 heavy (non-hydrogen) atoms. The van der Waals surface area contributed by atoms with Crippen molar-refractivity contribution in [2.24, 2.45) is 0 Å². The molecular weight excluding hydrogens is 142 g/mol. The molecule has 0 radical (unpaired) electrons. The van der Waals surface area contributed by atoms with Gasteiger partial charge >= 0.3 is 0 Å². The molecule has 66 valence electrons. The highest BCUT2D eigenvalue weighted by Crippen LogP contribution is 2.11. The van der Waals surface area contributed by atoms with E-state index in [-0.39, 0.29) is 11.4 Å². The quantitative estimate of drug-likeness (QED) is 0.609. The van der Waals surface area contributed by atoms with E-state index in [4.69, 9.17) is 5.11 Å². The summed E-state index contributed by atoms with van der Waals surface area (Å²) in [5.41, 5.74) is -0.214. The summed E-state index contributed by atoms with van der Waals surface area (Å²) in [7, 11) is 1.69. The SMILES string of the molecule is C[C@H](O)C(=O)N(C)C(C)(C)C. The maximum atomic E-state index is 11.2. The van der Waals surface area contributed by atoms with Crippen LogP contribution in [-0.4, -0.2) is 34.6 Å². The van der Waals surface area contributed by atoms with Gasteiger partial charge in [-0.1, -0.05) is 0 Å². The number of rotatable bonds is 1. The van der Waals surface area contributed by atoms with Crippen LogP contribution in [-0.2, 0) is 4.79 Å². The summed E-state index contributed by atoms with van der Waals surface area (Å²) >= 11 is 0. The van der Waals surface area contributed by atoms with Gasteiger partial charge in [0, 0.05) is 12.6 Å². The summed E-state index contributed by atoms with van der Waals surface area (Å²) in [5, 5.41) is 8.96. The first kappa shape index (κ1) is 10.4. The summed E-state index contributed by atoms with van der Waals surface area (Å²) in [6, 6.07) is 0. The summed E-state index contributed by atoms with van der Waals surface area (Å²) < 4.78 is 0. The van der Waals surface area contributed by atoms with E-state index in [1.165, 1.54) is 11.8 Å². The van der Waals surface area contributed by atoms with Crippen LogP contribution in [0.1, 0.15) is 27.7 Å². The maximum absolute atomic E-state index is 11.2. The second-order valence-corrected chi connectivity index (χ2v) is 3.74. The van der Waals surface area contributed by atoms with E-state index in [1.807, 2.05) is 20.8 Å². The fraction of sp³-hybridized carbons (Fsp3) is 0.875. The smallest absolute Gasteiger partial charge is 0.251 e. The molecule has 1 N–H and O–H groups in total. The van der Waals surface area contributed by atoms with Gasteiger partial charge in [0.05, 0.1) is 0 Å². The van der Waals surface area contributed by atoms with Crippen LogP contribution >= 0.6 is 0 Å². The number of carbonyl (C=O) groups is 1. The van der Waals surface area contributed by atoms with Gasteiger partial charge in [-0.15, -0.1) is 0 Å². The molecule has 0 fully saturated rings. The number of hydrogen-bond donors (Lipinski definition) is 1. The van der Waals surface area contributed by atoms with E-state index >= 15 is 0 Å². The molecule has 0 heterocycles. The summed E-state index contributed by atoms with van der Waals surface area (Å²) in [4.78, 5) is 12.7. The highest BCUT2D eigenvalue weighted by Gasteiger charge is 2.24. The minimum Gasteiger partial charge on any atom is -0.384 e. The fourth-order valence-electron chi connectivity index (χ4n) is 0.611. The minimum absolute atomic E-state index is 0.214. The predicted octanol–water partition coefficient (Wildman–Crippen LogP) is 0.624. The first-order valence-corrected chi connectivity index (χ1v) is 3.72. The van der Waals surface area contributed by atoms with Crippen LogP contribution in [0.2, 0.25) is 0 Å². The van der Waals surface area contributed by atoms with Crippen LogP contribution in [0, 0.1) is 0 Å². The normalized spacial score (nSPS) is 14.4. The topological polar surface area (TPSA) is 40.5 Å². The third kappa shape index (κ3) is 2.89. The number of aliphatic hydroxyl groups is 1. The third-order valence-corrected chi connectivity index (χ3v) is 1.69. The van der Waals surface area contributed by atoms with Crippen LogP contribution in [0.3, 0.4) is 0 Å². The number of nitrogens with zero attached hydrogens (tertiary/aromatic N) is 1. The van der Waals surface area contributed by atoms with Gasteiger partial charge in [-0.3, -0.25) is 4.79 Å². The Bertz CT molecular complexity index is 147. The molecule has 0 saturated carbocycles. The Labute approximate surface area is 68.0 Å². The molecule has 0 aromatic heterocycles. The van der Waals surface area contributed by atoms with Crippen molar-refractivity contribution in [1.82, 2.24) is 4.90 Å². The third-order valence-electron chi connectivity index (χ3n) is 1.69. The van der Waals surface area contributed by atoms with Crippen LogP contribution < -0.4 is 0 Å². The first-order chi connectivity index (χ1) is 4.76. The van der Waals surface area contributed by atoms with E-state index in [0.29, 0.717) is 0 Å². The molecule has 3 heteroatoms. The zero-order valence-corrected chi connectivity index (χ0v) is 7.88. The van der Waals surface area contributed by atoms with Crippen LogP contribution in [0.15, 0.2) is 0 Å². The Hall–Kier alpha value is -0.570. The van der Waals surface area contributed by atoms with E-state index in [1.54, 1.807) is 7.05 Å². The monoisotopic (exact) mass is 159 g/mol. The van der Waals surface area contributed by atoms with Crippen molar-refractivity contribution >= 4 is 5.91 Å².